The number of nitrogens with one attached hydrogen (secondary N) is 2. The van der Waals surface area contributed by atoms with Gasteiger partial charge < -0.3 is 20.1 Å². The van der Waals surface area contributed by atoms with E-state index in [2.05, 4.69) is 77.1 Å². The van der Waals surface area contributed by atoms with E-state index in [1.54, 1.807) is 12.3 Å². The molecule has 2 N–H and O–H groups in total. The minimum absolute atomic E-state index is 0.00900. The molecule has 4 rings (SSSR count). The SMILES string of the molecule is CC1(C)CC(OC(=O)c2ccc(/C=C/C3CCC(C(=O)OC4CC(C)(C)NC(C)(C)C4)CC3)nc2)CC(C)(C)N1. The van der Waals surface area contributed by atoms with Crippen molar-refractivity contribution in [3.63, 3.8) is 0 Å². The molecular weight excluding hydrogens is 502 g/mol. The molecule has 3 fully saturated rings. The summed E-state index contributed by atoms with van der Waals surface area (Å²) in [7, 11) is 0. The molecule has 3 aliphatic rings. The number of aromatic nitrogens is 1. The van der Waals surface area contributed by atoms with E-state index in [9.17, 15) is 9.59 Å². The summed E-state index contributed by atoms with van der Waals surface area (Å²) in [6, 6.07) is 3.66. The van der Waals surface area contributed by atoms with Crippen LogP contribution in [0, 0.1) is 11.8 Å². The molecule has 2 saturated heterocycles. The molecular formula is C33H51N3O4. The maximum atomic E-state index is 12.9. The molecule has 3 heterocycles. The Balaban J connectivity index is 1.23. The van der Waals surface area contributed by atoms with Crippen LogP contribution in [0.5, 0.6) is 0 Å². The van der Waals surface area contributed by atoms with Gasteiger partial charge in [0.05, 0.1) is 17.2 Å². The molecule has 40 heavy (non-hydrogen) atoms. The van der Waals surface area contributed by atoms with Crippen molar-refractivity contribution in [1.29, 1.82) is 0 Å². The highest BCUT2D eigenvalue weighted by Crippen LogP contribution is 2.35. The van der Waals surface area contributed by atoms with Crippen molar-refractivity contribution >= 4 is 18.0 Å². The highest BCUT2D eigenvalue weighted by Gasteiger charge is 2.41. The molecule has 0 spiro atoms. The normalized spacial score (nSPS) is 28.2. The molecule has 222 valence electrons. The lowest BCUT2D eigenvalue weighted by atomic mass is 9.80. The van der Waals surface area contributed by atoms with E-state index in [1.165, 1.54) is 0 Å². The predicted molar refractivity (Wildman–Crippen MR) is 159 cm³/mol. The smallest absolute Gasteiger partial charge is 0.339 e. The molecule has 0 aromatic carbocycles. The van der Waals surface area contributed by atoms with Crippen LogP contribution in [0.25, 0.3) is 6.08 Å². The maximum Gasteiger partial charge on any atom is 0.339 e. The van der Waals surface area contributed by atoms with Crippen molar-refractivity contribution in [3.8, 4) is 0 Å². The summed E-state index contributed by atoms with van der Waals surface area (Å²) in [4.78, 5) is 30.2. The van der Waals surface area contributed by atoms with Gasteiger partial charge in [-0.05, 0) is 105 Å². The lowest BCUT2D eigenvalue weighted by Crippen LogP contribution is -2.59. The Morgan fingerprint density at radius 3 is 1.75 bits per heavy atom. The third kappa shape index (κ3) is 8.62. The van der Waals surface area contributed by atoms with Gasteiger partial charge in [0.2, 0.25) is 0 Å². The summed E-state index contributed by atoms with van der Waals surface area (Å²) in [5.41, 5.74) is 1.05. The second kappa shape index (κ2) is 11.6. The van der Waals surface area contributed by atoms with Crippen molar-refractivity contribution in [3.05, 3.63) is 35.7 Å². The third-order valence-corrected chi connectivity index (χ3v) is 8.53. The van der Waals surface area contributed by atoms with Crippen LogP contribution in [0.2, 0.25) is 0 Å². The zero-order chi connectivity index (χ0) is 29.3. The van der Waals surface area contributed by atoms with Gasteiger partial charge in [0, 0.05) is 54.0 Å². The summed E-state index contributed by atoms with van der Waals surface area (Å²) < 4.78 is 11.9. The minimum Gasteiger partial charge on any atom is -0.462 e. The number of hydrogen-bond acceptors (Lipinski definition) is 7. The minimum atomic E-state index is -0.316. The van der Waals surface area contributed by atoms with Gasteiger partial charge in [-0.3, -0.25) is 9.78 Å². The number of esters is 2. The first-order valence-electron chi connectivity index (χ1n) is 15.1. The fraction of sp³-hybridized carbons (Fsp3) is 0.727. The first kappa shape index (κ1) is 30.7. The molecule has 1 aromatic heterocycles. The van der Waals surface area contributed by atoms with Crippen LogP contribution in [0.15, 0.2) is 24.4 Å². The number of carbonyl (C=O) groups is 2. The Hall–Kier alpha value is -2.25. The molecule has 0 atom stereocenters. The molecule has 0 bridgehead atoms. The molecule has 1 aromatic rings. The highest BCUT2D eigenvalue weighted by molar-refractivity contribution is 5.89. The number of rotatable bonds is 6. The predicted octanol–water partition coefficient (Wildman–Crippen LogP) is 6.22. The second-order valence-corrected chi connectivity index (χ2v) is 15.1. The average molecular weight is 554 g/mol. The van der Waals surface area contributed by atoms with Crippen molar-refractivity contribution in [2.75, 3.05) is 0 Å². The second-order valence-electron chi connectivity index (χ2n) is 15.1. The van der Waals surface area contributed by atoms with Gasteiger partial charge in [-0.15, -0.1) is 0 Å². The largest absolute Gasteiger partial charge is 0.462 e. The molecule has 1 saturated carbocycles. The van der Waals surface area contributed by atoms with E-state index < -0.39 is 0 Å². The van der Waals surface area contributed by atoms with Crippen molar-refractivity contribution in [2.24, 2.45) is 11.8 Å². The van der Waals surface area contributed by atoms with Crippen LogP contribution >= 0.6 is 0 Å². The number of allylic oxidation sites excluding steroid dienone is 1. The van der Waals surface area contributed by atoms with Gasteiger partial charge in [-0.1, -0.05) is 6.08 Å². The van der Waals surface area contributed by atoms with Gasteiger partial charge in [0.1, 0.15) is 12.2 Å². The molecule has 0 unspecified atom stereocenters. The molecule has 0 amide bonds. The fourth-order valence-corrected chi connectivity index (χ4v) is 7.51. The maximum absolute atomic E-state index is 12.9. The van der Waals surface area contributed by atoms with Crippen molar-refractivity contribution in [1.82, 2.24) is 15.6 Å². The van der Waals surface area contributed by atoms with Gasteiger partial charge in [-0.2, -0.15) is 0 Å². The fourth-order valence-electron chi connectivity index (χ4n) is 7.51. The first-order valence-corrected chi connectivity index (χ1v) is 15.1. The van der Waals surface area contributed by atoms with Crippen LogP contribution in [0.3, 0.4) is 0 Å². The quantitative estimate of drug-likeness (QED) is 0.404. The van der Waals surface area contributed by atoms with Gasteiger partial charge >= 0.3 is 11.9 Å². The molecule has 7 nitrogen and oxygen atoms in total. The Bertz CT molecular complexity index is 1050. The van der Waals surface area contributed by atoms with Crippen LogP contribution in [0.1, 0.15) is 123 Å². The van der Waals surface area contributed by atoms with E-state index in [0.717, 1.165) is 57.1 Å². The Morgan fingerprint density at radius 1 is 0.775 bits per heavy atom. The lowest BCUT2D eigenvalue weighted by Gasteiger charge is -2.46. The summed E-state index contributed by atoms with van der Waals surface area (Å²) in [5.74, 6) is 0.0641. The topological polar surface area (TPSA) is 89.6 Å². The zero-order valence-electron chi connectivity index (χ0n) is 25.9. The molecule has 7 heteroatoms. The van der Waals surface area contributed by atoms with E-state index in [-0.39, 0.29) is 52.2 Å². The number of pyridine rings is 1. The monoisotopic (exact) mass is 553 g/mol. The van der Waals surface area contributed by atoms with Crippen LogP contribution in [-0.4, -0.2) is 51.3 Å². The molecule has 2 aliphatic heterocycles. The van der Waals surface area contributed by atoms with E-state index >= 15 is 0 Å². The van der Waals surface area contributed by atoms with Crippen LogP contribution in [0.4, 0.5) is 0 Å². The molecule has 1 aliphatic carbocycles. The summed E-state index contributed by atoms with van der Waals surface area (Å²) in [6.07, 6.45) is 12.6. The van der Waals surface area contributed by atoms with Crippen molar-refractivity contribution in [2.45, 2.75) is 141 Å². The van der Waals surface area contributed by atoms with E-state index in [1.807, 2.05) is 12.1 Å². The first-order chi connectivity index (χ1) is 18.5. The van der Waals surface area contributed by atoms with Crippen LogP contribution in [-0.2, 0) is 14.3 Å². The van der Waals surface area contributed by atoms with E-state index in [4.69, 9.17) is 9.47 Å². The number of carbonyl (C=O) groups excluding carboxylic acids is 2. The standard InChI is InChI=1S/C33H51N3O4/c1-30(2)17-26(18-31(3,4)35-30)39-28(37)23-12-9-22(10-13-23)11-15-25-16-14-24(21-34-25)29(38)40-27-19-32(5,6)36-33(7,8)20-27/h11,14-16,21-23,26-27,35-36H,9-10,12-13,17-20H2,1-8H3/b15-11+. The lowest BCUT2D eigenvalue weighted by molar-refractivity contribution is -0.159. The Morgan fingerprint density at radius 2 is 1.27 bits per heavy atom. The molecule has 0 radical (unpaired) electrons. The summed E-state index contributed by atoms with van der Waals surface area (Å²) >= 11 is 0. The summed E-state index contributed by atoms with van der Waals surface area (Å²) in [6.45, 7) is 17.3. The number of hydrogen-bond donors (Lipinski definition) is 2. The van der Waals surface area contributed by atoms with Crippen molar-refractivity contribution < 1.29 is 19.1 Å². The average Bonchev–Trinajstić information content (AvgIpc) is 2.79. The highest BCUT2D eigenvalue weighted by atomic mass is 16.5. The Kier molecular flexibility index (Phi) is 8.87. The number of piperidine rings is 2. The number of nitrogens with zero attached hydrogens (tertiary/aromatic N) is 1. The Labute approximate surface area is 241 Å². The summed E-state index contributed by atoms with van der Waals surface area (Å²) in [5, 5.41) is 7.27. The van der Waals surface area contributed by atoms with Gasteiger partial charge in [-0.25, -0.2) is 4.79 Å². The third-order valence-electron chi connectivity index (χ3n) is 8.53. The zero-order valence-corrected chi connectivity index (χ0v) is 25.9. The van der Waals surface area contributed by atoms with E-state index in [0.29, 0.717) is 11.5 Å². The number of ether oxygens (including phenoxy) is 2. The van der Waals surface area contributed by atoms with Gasteiger partial charge in [0.25, 0.3) is 0 Å². The van der Waals surface area contributed by atoms with Crippen LogP contribution < -0.4 is 10.6 Å². The van der Waals surface area contributed by atoms with Gasteiger partial charge in [0.15, 0.2) is 0 Å².